The van der Waals surface area contributed by atoms with Gasteiger partial charge in [-0.15, -0.1) is 5.10 Å². The van der Waals surface area contributed by atoms with Crippen molar-refractivity contribution in [2.45, 2.75) is 77.5 Å². The molecule has 0 radical (unpaired) electrons. The van der Waals surface area contributed by atoms with Crippen LogP contribution in [-0.4, -0.2) is 36.7 Å². The Hall–Kier alpha value is -3.46. The Labute approximate surface area is 210 Å². The average Bonchev–Trinajstić information content (AvgIpc) is 3.58. The minimum absolute atomic E-state index is 0.0723. The Morgan fingerprint density at radius 2 is 2.03 bits per heavy atom. The summed E-state index contributed by atoms with van der Waals surface area (Å²) in [5.41, 5.74) is 1.37. The molecule has 1 aliphatic carbocycles. The maximum atomic E-state index is 13.1. The number of rotatable bonds is 10. The van der Waals surface area contributed by atoms with E-state index in [1.54, 1.807) is 6.26 Å². The van der Waals surface area contributed by atoms with Crippen molar-refractivity contribution in [2.24, 2.45) is 0 Å². The molecule has 4 aromatic rings. The van der Waals surface area contributed by atoms with Gasteiger partial charge in [-0.2, -0.15) is 0 Å². The van der Waals surface area contributed by atoms with E-state index in [-0.39, 0.29) is 11.6 Å². The first-order chi connectivity index (χ1) is 17.7. The van der Waals surface area contributed by atoms with E-state index in [1.807, 2.05) is 48.0 Å². The molecule has 3 heterocycles. The maximum absolute atomic E-state index is 13.1. The highest BCUT2D eigenvalue weighted by molar-refractivity contribution is 5.80. The third kappa shape index (κ3) is 5.21. The van der Waals surface area contributed by atoms with Gasteiger partial charge in [0.05, 0.1) is 31.5 Å². The van der Waals surface area contributed by atoms with Gasteiger partial charge in [-0.1, -0.05) is 26.2 Å². The SMILES string of the molecule is CCOc1ccc2[nH]c(=O)c(CN(Cc3ccco3)[C@@H](CC)c3nnnn3C3CCCCC3)cc2c1. The number of furan rings is 1. The Morgan fingerprint density at radius 1 is 1.17 bits per heavy atom. The van der Waals surface area contributed by atoms with Crippen LogP contribution in [0.4, 0.5) is 0 Å². The number of hydrogen-bond donors (Lipinski definition) is 1. The summed E-state index contributed by atoms with van der Waals surface area (Å²) in [7, 11) is 0. The lowest BCUT2D eigenvalue weighted by Gasteiger charge is -2.31. The number of tetrazole rings is 1. The molecule has 9 heteroatoms. The summed E-state index contributed by atoms with van der Waals surface area (Å²) in [5.74, 6) is 2.47. The molecule has 36 heavy (non-hydrogen) atoms. The number of nitrogens with zero attached hydrogens (tertiary/aromatic N) is 5. The molecule has 0 bridgehead atoms. The van der Waals surface area contributed by atoms with Crippen LogP contribution in [0.5, 0.6) is 5.75 Å². The molecular formula is C27H34N6O3. The molecule has 5 rings (SSSR count). The number of fused-ring (bicyclic) bond motifs is 1. The fraction of sp³-hybridized carbons (Fsp3) is 0.481. The lowest BCUT2D eigenvalue weighted by molar-refractivity contribution is 0.144. The monoisotopic (exact) mass is 490 g/mol. The van der Waals surface area contributed by atoms with E-state index in [9.17, 15) is 4.79 Å². The molecule has 9 nitrogen and oxygen atoms in total. The summed E-state index contributed by atoms with van der Waals surface area (Å²) in [6.45, 7) is 5.66. The number of aromatic amines is 1. The highest BCUT2D eigenvalue weighted by Crippen LogP contribution is 2.33. The Balaban J connectivity index is 1.50. The molecule has 190 valence electrons. The van der Waals surface area contributed by atoms with Gasteiger partial charge in [0.1, 0.15) is 11.5 Å². The number of hydrogen-bond acceptors (Lipinski definition) is 7. The summed E-state index contributed by atoms with van der Waals surface area (Å²) < 4.78 is 13.4. The quantitative estimate of drug-likeness (QED) is 0.327. The molecule has 0 spiro atoms. The molecule has 0 amide bonds. The molecule has 1 saturated carbocycles. The number of ether oxygens (including phenoxy) is 1. The van der Waals surface area contributed by atoms with E-state index in [2.05, 4.69) is 32.3 Å². The zero-order valence-electron chi connectivity index (χ0n) is 21.0. The summed E-state index contributed by atoms with van der Waals surface area (Å²) in [6, 6.07) is 11.8. The van der Waals surface area contributed by atoms with Crippen molar-refractivity contribution in [3.8, 4) is 5.75 Å². The first-order valence-corrected chi connectivity index (χ1v) is 13.0. The average molecular weight is 491 g/mol. The number of pyridine rings is 1. The van der Waals surface area contributed by atoms with Crippen LogP contribution in [0, 0.1) is 0 Å². The van der Waals surface area contributed by atoms with Gasteiger partial charge in [0.15, 0.2) is 5.82 Å². The van der Waals surface area contributed by atoms with Crippen molar-refractivity contribution in [2.75, 3.05) is 6.61 Å². The normalized spacial score (nSPS) is 15.5. The molecule has 1 N–H and O–H groups in total. The van der Waals surface area contributed by atoms with Crippen LogP contribution >= 0.6 is 0 Å². The number of aromatic nitrogens is 5. The molecular weight excluding hydrogens is 456 g/mol. The molecule has 1 aliphatic rings. The largest absolute Gasteiger partial charge is 0.494 e. The number of benzene rings is 1. The Kier molecular flexibility index (Phi) is 7.46. The predicted octanol–water partition coefficient (Wildman–Crippen LogP) is 5.17. The summed E-state index contributed by atoms with van der Waals surface area (Å²) >= 11 is 0. The second-order valence-corrected chi connectivity index (χ2v) is 9.49. The second-order valence-electron chi connectivity index (χ2n) is 9.49. The molecule has 0 saturated heterocycles. The molecule has 1 fully saturated rings. The summed E-state index contributed by atoms with van der Waals surface area (Å²) in [4.78, 5) is 18.4. The van der Waals surface area contributed by atoms with Crippen LogP contribution in [0.15, 0.2) is 51.9 Å². The van der Waals surface area contributed by atoms with Crippen LogP contribution in [0.2, 0.25) is 0 Å². The fourth-order valence-corrected chi connectivity index (χ4v) is 5.31. The van der Waals surface area contributed by atoms with Gasteiger partial charge in [-0.25, -0.2) is 4.68 Å². The molecule has 1 aromatic carbocycles. The van der Waals surface area contributed by atoms with Gasteiger partial charge in [0, 0.05) is 23.0 Å². The van der Waals surface area contributed by atoms with Gasteiger partial charge in [0.25, 0.3) is 5.56 Å². The first kappa shape index (κ1) is 24.2. The number of H-pyrrole nitrogens is 1. The zero-order chi connectivity index (χ0) is 24.9. The first-order valence-electron chi connectivity index (χ1n) is 13.0. The highest BCUT2D eigenvalue weighted by Gasteiger charge is 2.29. The minimum atomic E-state index is -0.0992. The van der Waals surface area contributed by atoms with Crippen molar-refractivity contribution in [3.05, 3.63) is 70.2 Å². The third-order valence-electron chi connectivity index (χ3n) is 7.08. The fourth-order valence-electron chi connectivity index (χ4n) is 5.31. The van der Waals surface area contributed by atoms with Crippen LogP contribution in [0.1, 0.15) is 81.6 Å². The standard InChI is InChI=1S/C27H34N6O3/c1-3-25(26-29-30-31-33(26)21-9-6-5-7-10-21)32(18-23-11-8-14-36-23)17-20-15-19-16-22(35-4-2)12-13-24(19)28-27(20)34/h8,11-16,21,25H,3-7,9-10,17-18H2,1-2H3,(H,28,34)/t25-/m0/s1. The van der Waals surface area contributed by atoms with Crippen molar-refractivity contribution in [1.82, 2.24) is 30.1 Å². The minimum Gasteiger partial charge on any atom is -0.494 e. The van der Waals surface area contributed by atoms with Gasteiger partial charge in [0.2, 0.25) is 0 Å². The lowest BCUT2D eigenvalue weighted by Crippen LogP contribution is -2.33. The van der Waals surface area contributed by atoms with E-state index < -0.39 is 0 Å². The molecule has 0 aliphatic heterocycles. The summed E-state index contributed by atoms with van der Waals surface area (Å²) in [6.07, 6.45) is 8.34. The predicted molar refractivity (Wildman–Crippen MR) is 137 cm³/mol. The molecule has 1 atom stereocenters. The Bertz CT molecular complexity index is 1320. The Morgan fingerprint density at radius 3 is 2.78 bits per heavy atom. The topological polar surface area (TPSA) is 102 Å². The zero-order valence-corrected chi connectivity index (χ0v) is 21.0. The van der Waals surface area contributed by atoms with Crippen molar-refractivity contribution >= 4 is 10.9 Å². The van der Waals surface area contributed by atoms with E-state index in [4.69, 9.17) is 9.15 Å². The van der Waals surface area contributed by atoms with Crippen LogP contribution in [0.3, 0.4) is 0 Å². The molecule has 3 aromatic heterocycles. The van der Waals surface area contributed by atoms with Crippen LogP contribution < -0.4 is 10.3 Å². The second kappa shape index (κ2) is 11.1. The molecule has 0 unspecified atom stereocenters. The van der Waals surface area contributed by atoms with Gasteiger partial charge < -0.3 is 14.1 Å². The third-order valence-corrected chi connectivity index (χ3v) is 7.08. The maximum Gasteiger partial charge on any atom is 0.252 e. The van der Waals surface area contributed by atoms with Gasteiger partial charge in [-0.3, -0.25) is 9.69 Å². The van der Waals surface area contributed by atoms with E-state index >= 15 is 0 Å². The van der Waals surface area contributed by atoms with Gasteiger partial charge >= 0.3 is 0 Å². The van der Waals surface area contributed by atoms with E-state index in [0.29, 0.717) is 31.3 Å². The smallest absolute Gasteiger partial charge is 0.252 e. The van der Waals surface area contributed by atoms with Crippen LogP contribution in [0.25, 0.3) is 10.9 Å². The lowest BCUT2D eigenvalue weighted by atomic mass is 9.95. The van der Waals surface area contributed by atoms with Gasteiger partial charge in [-0.05, 0) is 73.0 Å². The van der Waals surface area contributed by atoms with E-state index in [0.717, 1.165) is 47.5 Å². The summed E-state index contributed by atoms with van der Waals surface area (Å²) in [5, 5.41) is 13.9. The van der Waals surface area contributed by atoms with Crippen molar-refractivity contribution < 1.29 is 9.15 Å². The van der Waals surface area contributed by atoms with Crippen LogP contribution in [-0.2, 0) is 13.1 Å². The van der Waals surface area contributed by atoms with E-state index in [1.165, 1.54) is 19.3 Å². The number of nitrogens with one attached hydrogen (secondary N) is 1. The highest BCUT2D eigenvalue weighted by atomic mass is 16.5. The van der Waals surface area contributed by atoms with Crippen molar-refractivity contribution in [1.29, 1.82) is 0 Å². The van der Waals surface area contributed by atoms with Crippen molar-refractivity contribution in [3.63, 3.8) is 0 Å².